The van der Waals surface area contributed by atoms with Crippen LogP contribution in [-0.4, -0.2) is 64.7 Å². The number of hydrogen-bond acceptors (Lipinski definition) is 4. The molecule has 2 heterocycles. The van der Waals surface area contributed by atoms with Crippen LogP contribution in [0.1, 0.15) is 59.4 Å². The summed E-state index contributed by atoms with van der Waals surface area (Å²) in [5, 5.41) is 1.55. The lowest BCUT2D eigenvalue weighted by atomic mass is 10.1. The number of nitrogens with zero attached hydrogens (tertiary/aromatic N) is 3. The van der Waals surface area contributed by atoms with E-state index in [9.17, 15) is 9.59 Å². The average Bonchev–Trinajstić information content (AvgIpc) is 2.80. The van der Waals surface area contributed by atoms with Gasteiger partial charge in [0, 0.05) is 47.4 Å². The Hall–Kier alpha value is -2.08. The Morgan fingerprint density at radius 2 is 1.89 bits per heavy atom. The molecule has 2 fully saturated rings. The highest BCUT2D eigenvalue weighted by Crippen LogP contribution is 2.25. The van der Waals surface area contributed by atoms with Gasteiger partial charge in [0.1, 0.15) is 0 Å². The normalized spacial score (nSPS) is 19.6. The van der Waals surface area contributed by atoms with Crippen LogP contribution in [-0.2, 0) is 16.0 Å². The zero-order valence-corrected chi connectivity index (χ0v) is 23.9. The minimum atomic E-state index is 0.0282. The van der Waals surface area contributed by atoms with E-state index in [1.54, 1.807) is 19.1 Å². The zero-order chi connectivity index (χ0) is 26.8. The van der Waals surface area contributed by atoms with Gasteiger partial charge < -0.3 is 9.80 Å². The maximum absolute atomic E-state index is 12.7. The van der Waals surface area contributed by atoms with Gasteiger partial charge in [0.2, 0.25) is 5.91 Å². The van der Waals surface area contributed by atoms with Crippen LogP contribution in [0.4, 0.5) is 0 Å². The number of carbonyl (C=O) groups excluding carboxylic acids is 2. The van der Waals surface area contributed by atoms with Crippen molar-refractivity contribution in [2.75, 3.05) is 26.2 Å². The van der Waals surface area contributed by atoms with Gasteiger partial charge in [0.15, 0.2) is 5.78 Å². The quantitative estimate of drug-likeness (QED) is 0.357. The van der Waals surface area contributed by atoms with Crippen LogP contribution in [0.25, 0.3) is 0 Å². The predicted molar refractivity (Wildman–Crippen MR) is 151 cm³/mol. The molecule has 2 aliphatic rings. The highest BCUT2D eigenvalue weighted by molar-refractivity contribution is 6.33. The van der Waals surface area contributed by atoms with Crippen molar-refractivity contribution in [3.05, 3.63) is 70.0 Å². The van der Waals surface area contributed by atoms with Crippen molar-refractivity contribution in [1.82, 2.24) is 14.7 Å². The summed E-state index contributed by atoms with van der Waals surface area (Å²) in [6, 6.07) is 5.90. The Morgan fingerprint density at radius 1 is 1.19 bits per heavy atom. The summed E-state index contributed by atoms with van der Waals surface area (Å²) in [4.78, 5) is 30.9. The summed E-state index contributed by atoms with van der Waals surface area (Å²) in [6.45, 7) is 17.3. The van der Waals surface area contributed by atoms with E-state index in [4.69, 9.17) is 23.2 Å². The maximum Gasteiger partial charge on any atom is 0.246 e. The molecule has 1 aromatic carbocycles. The van der Waals surface area contributed by atoms with E-state index in [1.165, 1.54) is 6.42 Å². The number of benzene rings is 1. The van der Waals surface area contributed by atoms with Gasteiger partial charge in [-0.05, 0) is 69.5 Å². The molecule has 3 rings (SSSR count). The third kappa shape index (κ3) is 8.22. The van der Waals surface area contributed by atoms with Gasteiger partial charge in [-0.1, -0.05) is 62.7 Å². The molecule has 0 bridgehead atoms. The van der Waals surface area contributed by atoms with E-state index in [1.807, 2.05) is 47.9 Å². The highest BCUT2D eigenvalue weighted by Gasteiger charge is 2.31. The van der Waals surface area contributed by atoms with Crippen LogP contribution < -0.4 is 0 Å². The summed E-state index contributed by atoms with van der Waals surface area (Å²) in [7, 11) is 0. The maximum atomic E-state index is 12.7. The number of ketones is 1. The molecule has 5 nitrogen and oxygen atoms in total. The summed E-state index contributed by atoms with van der Waals surface area (Å²) < 4.78 is 0. The molecule has 0 N–H and O–H groups in total. The van der Waals surface area contributed by atoms with Crippen LogP contribution in [0, 0.1) is 0 Å². The first-order chi connectivity index (χ1) is 17.1. The molecular weight excluding hydrogens is 493 g/mol. The summed E-state index contributed by atoms with van der Waals surface area (Å²) >= 11 is 11.6. The third-order valence-corrected chi connectivity index (χ3v) is 7.20. The molecule has 7 heteroatoms. The third-order valence-electron chi connectivity index (χ3n) is 6.60. The van der Waals surface area contributed by atoms with Crippen molar-refractivity contribution in [2.45, 2.75) is 72.4 Å². The van der Waals surface area contributed by atoms with Crippen molar-refractivity contribution in [1.29, 1.82) is 0 Å². The first kappa shape index (κ1) is 30.1. The molecule has 2 atom stereocenters. The number of aryl methyl sites for hydroxylation is 1. The molecule has 0 spiro atoms. The average molecular weight is 535 g/mol. The van der Waals surface area contributed by atoms with E-state index in [0.29, 0.717) is 24.8 Å². The topological polar surface area (TPSA) is 43.9 Å². The Balaban J connectivity index is 0.000000380. The van der Waals surface area contributed by atoms with Crippen LogP contribution in [0.5, 0.6) is 0 Å². The number of hydrogen-bond donors (Lipinski definition) is 0. The Kier molecular flexibility index (Phi) is 12.2. The van der Waals surface area contributed by atoms with Crippen molar-refractivity contribution in [2.24, 2.45) is 0 Å². The Bertz CT molecular complexity index is 985. The molecule has 0 saturated carbocycles. The smallest absolute Gasteiger partial charge is 0.246 e. The minimum Gasteiger partial charge on any atom is -0.337 e. The number of piperazine rings is 1. The minimum absolute atomic E-state index is 0.0282. The van der Waals surface area contributed by atoms with Gasteiger partial charge >= 0.3 is 0 Å². The first-order valence-electron chi connectivity index (χ1n) is 13.0. The zero-order valence-electron chi connectivity index (χ0n) is 22.4. The van der Waals surface area contributed by atoms with E-state index in [0.717, 1.165) is 53.7 Å². The number of halogens is 2. The Labute approximate surface area is 227 Å². The molecule has 2 unspecified atom stereocenters. The van der Waals surface area contributed by atoms with E-state index in [-0.39, 0.29) is 17.7 Å². The van der Waals surface area contributed by atoms with Crippen molar-refractivity contribution in [3.8, 4) is 0 Å². The van der Waals surface area contributed by atoms with Gasteiger partial charge in [-0.15, -0.1) is 0 Å². The summed E-state index contributed by atoms with van der Waals surface area (Å²) in [5.41, 5.74) is 2.60. The van der Waals surface area contributed by atoms with Crippen LogP contribution >= 0.6 is 23.2 Å². The second-order valence-electron chi connectivity index (χ2n) is 9.37. The number of likely N-dealkylation sites (tertiary alicyclic amines) is 1. The van der Waals surface area contributed by atoms with Gasteiger partial charge in [-0.3, -0.25) is 14.5 Å². The Morgan fingerprint density at radius 3 is 2.36 bits per heavy atom. The fourth-order valence-corrected chi connectivity index (χ4v) is 5.00. The number of carbonyl (C=O) groups is 2. The standard InChI is InChI=1S/C21H33N3O2.C8H8Cl2/c1-6-9-20(18(5)25)24-16(3)14-23(15-17(24)4)21(26)11-10-19(7-2)22-12-8-13-22;1-2-6-5-7(9)3-4-8(6)10/h9-11,17,19H,3,6-8,12-15H2,1-2,4-5H3;3-5H,2H2,1H3/b11-10+,20-9-;. The molecule has 36 heavy (non-hydrogen) atoms. The van der Waals surface area contributed by atoms with Crippen LogP contribution in [0.3, 0.4) is 0 Å². The second-order valence-corrected chi connectivity index (χ2v) is 10.2. The van der Waals surface area contributed by atoms with Gasteiger partial charge in [-0.2, -0.15) is 0 Å². The lowest BCUT2D eigenvalue weighted by molar-refractivity contribution is -0.127. The number of amides is 1. The van der Waals surface area contributed by atoms with Crippen molar-refractivity contribution in [3.63, 3.8) is 0 Å². The van der Waals surface area contributed by atoms with Crippen molar-refractivity contribution >= 4 is 34.9 Å². The van der Waals surface area contributed by atoms with Crippen molar-refractivity contribution < 1.29 is 9.59 Å². The van der Waals surface area contributed by atoms with Crippen LogP contribution in [0.2, 0.25) is 10.0 Å². The molecule has 0 aliphatic carbocycles. The van der Waals surface area contributed by atoms with Crippen LogP contribution in [0.15, 0.2) is 54.4 Å². The SMILES string of the molecule is C=C1CN(C(=O)/C=C/C(CC)N2CCC2)CC(C)N1/C(=C\CC)C(C)=O.CCc1cc(Cl)ccc1Cl. The van der Waals surface area contributed by atoms with E-state index >= 15 is 0 Å². The fraction of sp³-hybridized carbons (Fsp3) is 0.517. The van der Waals surface area contributed by atoms with Gasteiger partial charge in [0.25, 0.3) is 0 Å². The molecule has 198 valence electrons. The number of rotatable bonds is 8. The number of Topliss-reactive ketones (excluding diaryl/α,β-unsaturated/α-hetero) is 1. The molecule has 1 aromatic rings. The second kappa shape index (κ2) is 14.6. The lowest BCUT2D eigenvalue weighted by Gasteiger charge is -2.43. The molecule has 0 aromatic heterocycles. The monoisotopic (exact) mass is 533 g/mol. The summed E-state index contributed by atoms with van der Waals surface area (Å²) in [6.07, 6.45) is 9.70. The number of allylic oxidation sites excluding steroid dienone is 2. The summed E-state index contributed by atoms with van der Waals surface area (Å²) in [5.74, 6) is 0.0697. The largest absolute Gasteiger partial charge is 0.337 e. The molecule has 1 amide bonds. The van der Waals surface area contributed by atoms with Gasteiger partial charge in [0.05, 0.1) is 12.2 Å². The van der Waals surface area contributed by atoms with E-state index < -0.39 is 0 Å². The fourth-order valence-electron chi connectivity index (χ4n) is 4.56. The van der Waals surface area contributed by atoms with Gasteiger partial charge in [-0.25, -0.2) is 0 Å². The predicted octanol–water partition coefficient (Wildman–Crippen LogP) is 6.51. The highest BCUT2D eigenvalue weighted by atomic mass is 35.5. The molecule has 2 aliphatic heterocycles. The first-order valence-corrected chi connectivity index (χ1v) is 13.7. The molecular formula is C29H41Cl2N3O2. The lowest BCUT2D eigenvalue weighted by Crippen LogP contribution is -2.52. The van der Waals surface area contributed by atoms with E-state index in [2.05, 4.69) is 25.3 Å². The molecule has 2 saturated heterocycles. The molecule has 0 radical (unpaired) electrons.